The molecule has 1 amide bonds. The van der Waals surface area contributed by atoms with Crippen molar-refractivity contribution in [3.05, 3.63) is 30.3 Å². The van der Waals surface area contributed by atoms with Gasteiger partial charge in [-0.05, 0) is 32.9 Å². The molecule has 1 atom stereocenters. The van der Waals surface area contributed by atoms with E-state index in [2.05, 4.69) is 0 Å². The predicted molar refractivity (Wildman–Crippen MR) is 72.2 cm³/mol. The van der Waals surface area contributed by atoms with Crippen molar-refractivity contribution >= 4 is 11.6 Å². The van der Waals surface area contributed by atoms with Gasteiger partial charge >= 0.3 is 0 Å². The summed E-state index contributed by atoms with van der Waals surface area (Å²) >= 11 is 0. The van der Waals surface area contributed by atoms with Crippen LogP contribution in [0.3, 0.4) is 0 Å². The zero-order valence-electron chi connectivity index (χ0n) is 11.2. The molecule has 0 saturated carbocycles. The summed E-state index contributed by atoms with van der Waals surface area (Å²) in [6.45, 7) is 7.51. The van der Waals surface area contributed by atoms with Gasteiger partial charge in [0, 0.05) is 25.8 Å². The van der Waals surface area contributed by atoms with Gasteiger partial charge in [0.25, 0.3) is 0 Å². The Morgan fingerprint density at radius 1 is 1.18 bits per heavy atom. The summed E-state index contributed by atoms with van der Waals surface area (Å²) in [5, 5.41) is 0. The van der Waals surface area contributed by atoms with Crippen LogP contribution >= 0.6 is 0 Å². The number of benzene rings is 1. The number of hydrogen-bond acceptors (Lipinski definition) is 2. The van der Waals surface area contributed by atoms with Gasteiger partial charge in [-0.2, -0.15) is 0 Å². The van der Waals surface area contributed by atoms with Crippen LogP contribution in [0.15, 0.2) is 30.3 Å². The van der Waals surface area contributed by atoms with E-state index < -0.39 is 0 Å². The largest absolute Gasteiger partial charge is 0.363 e. The minimum atomic E-state index is -0.128. The van der Waals surface area contributed by atoms with Crippen molar-refractivity contribution in [1.82, 2.24) is 4.90 Å². The van der Waals surface area contributed by atoms with Gasteiger partial charge in [0.15, 0.2) is 0 Å². The van der Waals surface area contributed by atoms with Crippen LogP contribution in [0.25, 0.3) is 0 Å². The van der Waals surface area contributed by atoms with Crippen LogP contribution in [0.2, 0.25) is 0 Å². The lowest BCUT2D eigenvalue weighted by atomic mass is 10.2. The molecule has 0 aromatic heterocycles. The Bertz CT molecular complexity index is 346. The van der Waals surface area contributed by atoms with Gasteiger partial charge in [-0.25, -0.2) is 0 Å². The van der Waals surface area contributed by atoms with E-state index in [-0.39, 0.29) is 11.9 Å². The second kappa shape index (κ2) is 6.28. The number of amides is 1. The molecule has 0 bridgehead atoms. The van der Waals surface area contributed by atoms with Gasteiger partial charge in [0.05, 0.1) is 0 Å². The van der Waals surface area contributed by atoms with Crippen LogP contribution < -0.4 is 4.90 Å². The molecule has 17 heavy (non-hydrogen) atoms. The molecule has 3 nitrogen and oxygen atoms in total. The van der Waals surface area contributed by atoms with Crippen molar-refractivity contribution in [3.63, 3.8) is 0 Å². The Morgan fingerprint density at radius 3 is 2.18 bits per heavy atom. The highest BCUT2D eigenvalue weighted by atomic mass is 16.2. The zero-order valence-corrected chi connectivity index (χ0v) is 11.2. The van der Waals surface area contributed by atoms with Crippen molar-refractivity contribution in [2.75, 3.05) is 25.0 Å². The second-order valence-electron chi connectivity index (χ2n) is 4.13. The summed E-state index contributed by atoms with van der Waals surface area (Å²) in [6.07, 6.45) is 0. The molecule has 1 aromatic rings. The third-order valence-corrected chi connectivity index (χ3v) is 3.18. The third-order valence-electron chi connectivity index (χ3n) is 3.18. The minimum absolute atomic E-state index is 0.128. The molecular formula is C14H22N2O. The number of para-hydroxylation sites is 1. The number of nitrogens with zero attached hydrogens (tertiary/aromatic N) is 2. The topological polar surface area (TPSA) is 23.6 Å². The zero-order chi connectivity index (χ0) is 12.8. The molecule has 0 heterocycles. The second-order valence-corrected chi connectivity index (χ2v) is 4.13. The predicted octanol–water partition coefficient (Wildman–Crippen LogP) is 2.38. The first-order valence-electron chi connectivity index (χ1n) is 6.18. The lowest BCUT2D eigenvalue weighted by Crippen LogP contribution is -2.45. The first-order chi connectivity index (χ1) is 8.11. The van der Waals surface area contributed by atoms with Gasteiger partial charge in [-0.15, -0.1) is 0 Å². The van der Waals surface area contributed by atoms with Gasteiger partial charge in [-0.3, -0.25) is 4.79 Å². The fraction of sp³-hybridized carbons (Fsp3) is 0.500. The van der Waals surface area contributed by atoms with Crippen molar-refractivity contribution in [2.45, 2.75) is 26.8 Å². The minimum Gasteiger partial charge on any atom is -0.363 e. The SMILES string of the molecule is CCN(CC)C(=O)C(C)N(C)c1ccccc1. The third kappa shape index (κ3) is 3.22. The van der Waals surface area contributed by atoms with Crippen LogP contribution in [0.1, 0.15) is 20.8 Å². The Balaban J connectivity index is 2.76. The fourth-order valence-corrected chi connectivity index (χ4v) is 1.85. The maximum absolute atomic E-state index is 12.2. The number of hydrogen-bond donors (Lipinski definition) is 0. The smallest absolute Gasteiger partial charge is 0.244 e. The standard InChI is InChI=1S/C14H22N2O/c1-5-16(6-2)14(17)12(3)15(4)13-10-8-7-9-11-13/h7-12H,5-6H2,1-4H3. The molecule has 0 fully saturated rings. The summed E-state index contributed by atoms with van der Waals surface area (Å²) in [7, 11) is 1.96. The van der Waals surface area contributed by atoms with E-state index in [4.69, 9.17) is 0 Å². The molecule has 0 aliphatic carbocycles. The van der Waals surface area contributed by atoms with Crippen molar-refractivity contribution < 1.29 is 4.79 Å². The number of likely N-dealkylation sites (N-methyl/N-ethyl adjacent to an activating group) is 2. The molecule has 0 aliphatic heterocycles. The first kappa shape index (κ1) is 13.6. The van der Waals surface area contributed by atoms with Crippen LogP contribution in [0.4, 0.5) is 5.69 Å². The lowest BCUT2D eigenvalue weighted by Gasteiger charge is -2.30. The molecule has 3 heteroatoms. The Kier molecular flexibility index (Phi) is 5.01. The first-order valence-corrected chi connectivity index (χ1v) is 6.18. The highest BCUT2D eigenvalue weighted by Gasteiger charge is 2.22. The molecule has 0 spiro atoms. The van der Waals surface area contributed by atoms with E-state index >= 15 is 0 Å². The average Bonchev–Trinajstić information content (AvgIpc) is 2.39. The van der Waals surface area contributed by atoms with Crippen LogP contribution in [-0.4, -0.2) is 37.0 Å². The summed E-state index contributed by atoms with van der Waals surface area (Å²) in [5.41, 5.74) is 1.07. The van der Waals surface area contributed by atoms with E-state index in [0.717, 1.165) is 18.8 Å². The quantitative estimate of drug-likeness (QED) is 0.781. The molecule has 0 N–H and O–H groups in total. The Hall–Kier alpha value is -1.51. The molecule has 1 rings (SSSR count). The molecular weight excluding hydrogens is 212 g/mol. The molecule has 0 radical (unpaired) electrons. The summed E-state index contributed by atoms with van der Waals surface area (Å²) in [6, 6.07) is 9.87. The number of anilines is 1. The van der Waals surface area contributed by atoms with Gasteiger partial charge in [-0.1, -0.05) is 18.2 Å². The van der Waals surface area contributed by atoms with E-state index in [1.54, 1.807) is 0 Å². The van der Waals surface area contributed by atoms with E-state index in [1.807, 2.05) is 68.0 Å². The fourth-order valence-electron chi connectivity index (χ4n) is 1.85. The van der Waals surface area contributed by atoms with Crippen molar-refractivity contribution in [2.24, 2.45) is 0 Å². The highest BCUT2D eigenvalue weighted by Crippen LogP contribution is 2.15. The lowest BCUT2D eigenvalue weighted by molar-refractivity contribution is -0.131. The Labute approximate surface area is 104 Å². The molecule has 1 unspecified atom stereocenters. The maximum Gasteiger partial charge on any atom is 0.244 e. The molecule has 0 aliphatic rings. The van der Waals surface area contributed by atoms with Gasteiger partial charge < -0.3 is 9.80 Å². The van der Waals surface area contributed by atoms with Crippen LogP contribution in [-0.2, 0) is 4.79 Å². The highest BCUT2D eigenvalue weighted by molar-refractivity contribution is 5.84. The summed E-state index contributed by atoms with van der Waals surface area (Å²) in [4.78, 5) is 16.1. The maximum atomic E-state index is 12.2. The van der Waals surface area contributed by atoms with Crippen LogP contribution in [0, 0.1) is 0 Å². The van der Waals surface area contributed by atoms with Crippen LogP contribution in [0.5, 0.6) is 0 Å². The average molecular weight is 234 g/mol. The van der Waals surface area contributed by atoms with Crippen molar-refractivity contribution in [3.8, 4) is 0 Å². The molecule has 94 valence electrons. The monoisotopic (exact) mass is 234 g/mol. The van der Waals surface area contributed by atoms with Crippen molar-refractivity contribution in [1.29, 1.82) is 0 Å². The van der Waals surface area contributed by atoms with Gasteiger partial charge in [0.2, 0.25) is 5.91 Å². The molecule has 1 aromatic carbocycles. The summed E-state index contributed by atoms with van der Waals surface area (Å²) in [5.74, 6) is 0.182. The Morgan fingerprint density at radius 2 is 1.71 bits per heavy atom. The number of carbonyl (C=O) groups is 1. The normalized spacial score (nSPS) is 12.0. The van der Waals surface area contributed by atoms with E-state index in [1.165, 1.54) is 0 Å². The van der Waals surface area contributed by atoms with Gasteiger partial charge in [0.1, 0.15) is 6.04 Å². The molecule has 0 saturated heterocycles. The summed E-state index contributed by atoms with van der Waals surface area (Å²) < 4.78 is 0. The van der Waals surface area contributed by atoms with E-state index in [9.17, 15) is 4.79 Å². The number of rotatable bonds is 5. The van der Waals surface area contributed by atoms with E-state index in [0.29, 0.717) is 0 Å². The number of carbonyl (C=O) groups excluding carboxylic acids is 1.